The van der Waals surface area contributed by atoms with Gasteiger partial charge < -0.3 is 4.42 Å². The SMILES string of the molecule is CS(=O)(=O)c1c(F)cc(-c2cncc3cc(/C=C4\SC(=O)NC4=O)oc23)cc1F. The number of nitrogens with one attached hydrogen (secondary N) is 1. The van der Waals surface area contributed by atoms with Crippen molar-refractivity contribution in [3.63, 3.8) is 0 Å². The highest BCUT2D eigenvalue weighted by atomic mass is 32.2. The van der Waals surface area contributed by atoms with Crippen molar-refractivity contribution in [3.8, 4) is 11.1 Å². The molecule has 2 aromatic heterocycles. The lowest BCUT2D eigenvalue weighted by atomic mass is 10.1. The number of sulfone groups is 1. The number of furan rings is 1. The summed E-state index contributed by atoms with van der Waals surface area (Å²) in [5.74, 6) is -2.79. The van der Waals surface area contributed by atoms with E-state index in [0.717, 1.165) is 12.1 Å². The Kier molecular flexibility index (Phi) is 4.50. The first kappa shape index (κ1) is 19.3. The summed E-state index contributed by atoms with van der Waals surface area (Å²) in [5.41, 5.74) is 0.485. The van der Waals surface area contributed by atoms with E-state index in [-0.39, 0.29) is 27.4 Å². The number of halogens is 2. The maximum Gasteiger partial charge on any atom is 0.290 e. The van der Waals surface area contributed by atoms with Crippen LogP contribution in [0.15, 0.2) is 44.8 Å². The highest BCUT2D eigenvalue weighted by Crippen LogP contribution is 2.34. The number of hydrogen-bond donors (Lipinski definition) is 1. The average Bonchev–Trinajstić information content (AvgIpc) is 3.14. The molecule has 1 fully saturated rings. The summed E-state index contributed by atoms with van der Waals surface area (Å²) in [7, 11) is -4.09. The number of imide groups is 1. The van der Waals surface area contributed by atoms with Gasteiger partial charge in [0.1, 0.15) is 27.9 Å². The Balaban J connectivity index is 1.84. The molecule has 7 nitrogen and oxygen atoms in total. The lowest BCUT2D eigenvalue weighted by molar-refractivity contribution is -0.115. The van der Waals surface area contributed by atoms with Crippen LogP contribution in [0, 0.1) is 11.6 Å². The molecule has 2 amide bonds. The molecule has 0 unspecified atom stereocenters. The van der Waals surface area contributed by atoms with Gasteiger partial charge in [-0.25, -0.2) is 17.2 Å². The van der Waals surface area contributed by atoms with Gasteiger partial charge in [-0.1, -0.05) is 0 Å². The zero-order valence-electron chi connectivity index (χ0n) is 14.5. The number of amides is 2. The van der Waals surface area contributed by atoms with Crippen molar-refractivity contribution >= 4 is 49.8 Å². The van der Waals surface area contributed by atoms with Crippen molar-refractivity contribution in [1.82, 2.24) is 10.3 Å². The lowest BCUT2D eigenvalue weighted by Crippen LogP contribution is -2.17. The third kappa shape index (κ3) is 3.54. The molecule has 1 aliphatic rings. The predicted octanol–water partition coefficient (Wildman–Crippen LogP) is 3.50. The van der Waals surface area contributed by atoms with Crippen molar-refractivity contribution in [3.05, 3.63) is 52.9 Å². The summed E-state index contributed by atoms with van der Waals surface area (Å²) in [4.78, 5) is 26.1. The maximum absolute atomic E-state index is 14.3. The summed E-state index contributed by atoms with van der Waals surface area (Å²) in [6.07, 6.45) is 4.85. The number of pyridine rings is 1. The van der Waals surface area contributed by atoms with Crippen LogP contribution in [0.4, 0.5) is 13.6 Å². The molecule has 1 aliphatic heterocycles. The number of carbonyl (C=O) groups is 2. The molecule has 1 saturated heterocycles. The van der Waals surface area contributed by atoms with Crippen LogP contribution < -0.4 is 5.32 Å². The molecule has 0 spiro atoms. The van der Waals surface area contributed by atoms with Crippen molar-refractivity contribution in [2.45, 2.75) is 4.90 Å². The first-order chi connectivity index (χ1) is 13.6. The summed E-state index contributed by atoms with van der Waals surface area (Å²) < 4.78 is 57.4. The monoisotopic (exact) mass is 436 g/mol. The van der Waals surface area contributed by atoms with Gasteiger partial charge in [0.05, 0.1) is 4.91 Å². The summed E-state index contributed by atoms with van der Waals surface area (Å²) >= 11 is 0.717. The predicted molar refractivity (Wildman–Crippen MR) is 102 cm³/mol. The van der Waals surface area contributed by atoms with Crippen LogP contribution in [0.3, 0.4) is 0 Å². The van der Waals surface area contributed by atoms with Crippen LogP contribution in [-0.4, -0.2) is 30.8 Å². The van der Waals surface area contributed by atoms with Gasteiger partial charge in [-0.05, 0) is 35.5 Å². The molecule has 3 heterocycles. The molecule has 29 heavy (non-hydrogen) atoms. The molecule has 1 N–H and O–H groups in total. The minimum atomic E-state index is -4.09. The van der Waals surface area contributed by atoms with Crippen LogP contribution in [0.2, 0.25) is 0 Å². The molecule has 0 aliphatic carbocycles. The highest BCUT2D eigenvalue weighted by molar-refractivity contribution is 8.18. The Morgan fingerprint density at radius 1 is 1.14 bits per heavy atom. The molecule has 0 saturated carbocycles. The van der Waals surface area contributed by atoms with Crippen LogP contribution in [0.5, 0.6) is 0 Å². The minimum absolute atomic E-state index is 0.0298. The zero-order valence-corrected chi connectivity index (χ0v) is 16.2. The smallest absolute Gasteiger partial charge is 0.290 e. The number of carbonyl (C=O) groups excluding carboxylic acids is 2. The second-order valence-electron chi connectivity index (χ2n) is 6.15. The molecule has 0 radical (unpaired) electrons. The van der Waals surface area contributed by atoms with Gasteiger partial charge in [-0.15, -0.1) is 0 Å². The number of thioether (sulfide) groups is 1. The Hall–Kier alpha value is -3.05. The van der Waals surface area contributed by atoms with E-state index in [1.54, 1.807) is 6.07 Å². The van der Waals surface area contributed by atoms with Gasteiger partial charge in [-0.2, -0.15) is 0 Å². The quantitative estimate of drug-likeness (QED) is 0.626. The first-order valence-corrected chi connectivity index (χ1v) is 10.7. The van der Waals surface area contributed by atoms with Crippen molar-refractivity contribution in [2.24, 2.45) is 0 Å². The van der Waals surface area contributed by atoms with E-state index in [2.05, 4.69) is 10.3 Å². The average molecular weight is 436 g/mol. The number of fused-ring (bicyclic) bond motifs is 1. The Morgan fingerprint density at radius 3 is 2.41 bits per heavy atom. The fraction of sp³-hybridized carbons (Fsp3) is 0.0556. The van der Waals surface area contributed by atoms with E-state index in [0.29, 0.717) is 23.4 Å². The molecule has 1 aromatic carbocycles. The normalized spacial score (nSPS) is 16.0. The number of nitrogens with zero attached hydrogens (tertiary/aromatic N) is 1. The third-order valence-corrected chi connectivity index (χ3v) is 5.98. The van der Waals surface area contributed by atoms with Gasteiger partial charge >= 0.3 is 0 Å². The topological polar surface area (TPSA) is 106 Å². The Labute approximate surface area is 166 Å². The van der Waals surface area contributed by atoms with Gasteiger partial charge in [0, 0.05) is 35.7 Å². The number of hydrogen-bond acceptors (Lipinski definition) is 7. The summed E-state index contributed by atoms with van der Waals surface area (Å²) in [5, 5.41) is 2.10. The van der Waals surface area contributed by atoms with Gasteiger partial charge in [0.15, 0.2) is 9.84 Å². The number of rotatable bonds is 3. The van der Waals surface area contributed by atoms with Crippen LogP contribution >= 0.6 is 11.8 Å². The molecule has 3 aromatic rings. The van der Waals surface area contributed by atoms with E-state index in [1.807, 2.05) is 0 Å². The van der Waals surface area contributed by atoms with Crippen molar-refractivity contribution in [1.29, 1.82) is 0 Å². The number of aromatic nitrogens is 1. The molecule has 148 valence electrons. The first-order valence-electron chi connectivity index (χ1n) is 7.95. The van der Waals surface area contributed by atoms with E-state index in [4.69, 9.17) is 4.42 Å². The summed E-state index contributed by atoms with van der Waals surface area (Å²) in [6, 6.07) is 3.32. The third-order valence-electron chi connectivity index (χ3n) is 4.04. The van der Waals surface area contributed by atoms with Gasteiger partial charge in [0.25, 0.3) is 11.1 Å². The van der Waals surface area contributed by atoms with E-state index >= 15 is 0 Å². The standard InChI is InChI=1S/C18H10F2N2O5S2/c1-29(25,26)16-12(19)3-8(4-13(16)20)11-7-21-6-9-2-10(27-15(9)11)5-14-17(23)22-18(24)28-14/h2-7H,1H3,(H,22,23,24)/b14-5-. The molecular weight excluding hydrogens is 426 g/mol. The van der Waals surface area contributed by atoms with E-state index in [9.17, 15) is 26.8 Å². The highest BCUT2D eigenvalue weighted by Gasteiger charge is 2.26. The molecule has 0 atom stereocenters. The van der Waals surface area contributed by atoms with Crippen molar-refractivity contribution < 1.29 is 31.2 Å². The molecular formula is C18H10F2N2O5S2. The van der Waals surface area contributed by atoms with E-state index in [1.165, 1.54) is 18.5 Å². The fourth-order valence-corrected chi connectivity index (χ4v) is 4.37. The second kappa shape index (κ2) is 6.78. The van der Waals surface area contributed by atoms with Crippen molar-refractivity contribution in [2.75, 3.05) is 6.26 Å². The minimum Gasteiger partial charge on any atom is -0.456 e. The lowest BCUT2D eigenvalue weighted by Gasteiger charge is -2.07. The van der Waals surface area contributed by atoms with Gasteiger partial charge in [0.2, 0.25) is 0 Å². The van der Waals surface area contributed by atoms with E-state index < -0.39 is 37.5 Å². The number of benzene rings is 1. The Bertz CT molecular complexity index is 1320. The Morgan fingerprint density at radius 2 is 1.83 bits per heavy atom. The largest absolute Gasteiger partial charge is 0.456 e. The zero-order chi connectivity index (χ0) is 20.9. The summed E-state index contributed by atoms with van der Waals surface area (Å²) in [6.45, 7) is 0. The van der Waals surface area contributed by atoms with Crippen LogP contribution in [0.1, 0.15) is 5.76 Å². The molecule has 11 heteroatoms. The fourth-order valence-electron chi connectivity index (χ4n) is 2.88. The van der Waals surface area contributed by atoms with Crippen LogP contribution in [0.25, 0.3) is 28.2 Å². The molecule has 4 rings (SSSR count). The van der Waals surface area contributed by atoms with Gasteiger partial charge in [-0.3, -0.25) is 19.9 Å². The molecule has 0 bridgehead atoms. The second-order valence-corrected chi connectivity index (χ2v) is 9.11. The van der Waals surface area contributed by atoms with Crippen LogP contribution in [-0.2, 0) is 14.6 Å². The maximum atomic E-state index is 14.3.